The lowest BCUT2D eigenvalue weighted by molar-refractivity contribution is -0.123. The Morgan fingerprint density at radius 2 is 2.29 bits per heavy atom. The van der Waals surface area contributed by atoms with Gasteiger partial charge in [-0.1, -0.05) is 0 Å². The third-order valence-corrected chi connectivity index (χ3v) is 4.10. The maximum absolute atomic E-state index is 12.1. The standard InChI is InChI=1S/C15H26N4O2/c1-11(13(3)19-8-5-7-17-19)18-12(2)15(20)16-10-14-6-4-9-21-14/h5,7-8,11-14,18H,4,6,9-10H2,1-3H3,(H,16,20). The molecule has 21 heavy (non-hydrogen) atoms. The van der Waals surface area contributed by atoms with Gasteiger partial charge in [0, 0.05) is 31.6 Å². The Kier molecular flexibility index (Phi) is 5.76. The van der Waals surface area contributed by atoms with Crippen molar-refractivity contribution < 1.29 is 9.53 Å². The number of hydrogen-bond acceptors (Lipinski definition) is 4. The molecule has 4 atom stereocenters. The van der Waals surface area contributed by atoms with Crippen LogP contribution >= 0.6 is 0 Å². The first-order valence-corrected chi connectivity index (χ1v) is 7.72. The van der Waals surface area contributed by atoms with Gasteiger partial charge < -0.3 is 15.4 Å². The number of hydrogen-bond donors (Lipinski definition) is 2. The summed E-state index contributed by atoms with van der Waals surface area (Å²) in [6, 6.07) is 2.00. The number of carbonyl (C=O) groups excluding carboxylic acids is 1. The van der Waals surface area contributed by atoms with Crippen LogP contribution in [0.3, 0.4) is 0 Å². The molecule has 0 saturated carbocycles. The predicted molar refractivity (Wildman–Crippen MR) is 81.0 cm³/mol. The second-order valence-electron chi connectivity index (χ2n) is 5.78. The van der Waals surface area contributed by atoms with Crippen LogP contribution in [0.15, 0.2) is 18.5 Å². The van der Waals surface area contributed by atoms with Gasteiger partial charge in [-0.25, -0.2) is 0 Å². The lowest BCUT2D eigenvalue weighted by atomic mass is 10.1. The number of ether oxygens (including phenoxy) is 1. The van der Waals surface area contributed by atoms with Crippen LogP contribution in [0.1, 0.15) is 39.7 Å². The highest BCUT2D eigenvalue weighted by molar-refractivity contribution is 5.81. The lowest BCUT2D eigenvalue weighted by Crippen LogP contribution is -2.49. The van der Waals surface area contributed by atoms with Crippen LogP contribution in [-0.2, 0) is 9.53 Å². The van der Waals surface area contributed by atoms with Gasteiger partial charge in [-0.2, -0.15) is 5.10 Å². The molecule has 6 nitrogen and oxygen atoms in total. The monoisotopic (exact) mass is 294 g/mol. The van der Waals surface area contributed by atoms with Crippen LogP contribution in [0.2, 0.25) is 0 Å². The third-order valence-electron chi connectivity index (χ3n) is 4.10. The summed E-state index contributed by atoms with van der Waals surface area (Å²) in [5.41, 5.74) is 0. The van der Waals surface area contributed by atoms with E-state index in [-0.39, 0.29) is 30.1 Å². The summed E-state index contributed by atoms with van der Waals surface area (Å²) in [7, 11) is 0. The molecular weight excluding hydrogens is 268 g/mol. The molecule has 2 N–H and O–H groups in total. The van der Waals surface area contributed by atoms with Gasteiger partial charge >= 0.3 is 0 Å². The summed E-state index contributed by atoms with van der Waals surface area (Å²) in [6.45, 7) is 7.45. The van der Waals surface area contributed by atoms with Crippen LogP contribution in [0.25, 0.3) is 0 Å². The fourth-order valence-corrected chi connectivity index (χ4v) is 2.53. The van der Waals surface area contributed by atoms with E-state index in [4.69, 9.17) is 4.74 Å². The third kappa shape index (κ3) is 4.54. The van der Waals surface area contributed by atoms with E-state index in [1.54, 1.807) is 6.20 Å². The molecule has 2 heterocycles. The van der Waals surface area contributed by atoms with Crippen molar-refractivity contribution in [1.82, 2.24) is 20.4 Å². The van der Waals surface area contributed by atoms with E-state index in [1.807, 2.05) is 23.9 Å². The van der Waals surface area contributed by atoms with Gasteiger partial charge in [-0.3, -0.25) is 9.48 Å². The van der Waals surface area contributed by atoms with Gasteiger partial charge in [0.05, 0.1) is 18.2 Å². The number of carbonyl (C=O) groups is 1. The van der Waals surface area contributed by atoms with Crippen LogP contribution in [0.4, 0.5) is 0 Å². The highest BCUT2D eigenvalue weighted by Crippen LogP contribution is 2.11. The van der Waals surface area contributed by atoms with Crippen molar-refractivity contribution in [1.29, 1.82) is 0 Å². The minimum absolute atomic E-state index is 0.0185. The largest absolute Gasteiger partial charge is 0.376 e. The van der Waals surface area contributed by atoms with E-state index in [0.717, 1.165) is 19.4 Å². The number of nitrogens with one attached hydrogen (secondary N) is 2. The van der Waals surface area contributed by atoms with Crippen molar-refractivity contribution in [3.05, 3.63) is 18.5 Å². The van der Waals surface area contributed by atoms with E-state index in [2.05, 4.69) is 29.6 Å². The molecule has 1 aromatic heterocycles. The first-order chi connectivity index (χ1) is 10.1. The summed E-state index contributed by atoms with van der Waals surface area (Å²) < 4.78 is 7.40. The molecular formula is C15H26N4O2. The van der Waals surface area contributed by atoms with Crippen molar-refractivity contribution in [2.24, 2.45) is 0 Å². The predicted octanol–water partition coefficient (Wildman–Crippen LogP) is 1.11. The molecule has 1 aliphatic rings. The molecule has 1 aliphatic heterocycles. The Balaban J connectivity index is 1.74. The molecule has 1 amide bonds. The fourth-order valence-electron chi connectivity index (χ4n) is 2.53. The molecule has 0 spiro atoms. The maximum atomic E-state index is 12.1. The number of nitrogens with zero attached hydrogens (tertiary/aromatic N) is 2. The Hall–Kier alpha value is -1.40. The number of aromatic nitrogens is 2. The lowest BCUT2D eigenvalue weighted by Gasteiger charge is -2.25. The van der Waals surface area contributed by atoms with E-state index < -0.39 is 0 Å². The molecule has 0 bridgehead atoms. The summed E-state index contributed by atoms with van der Waals surface area (Å²) in [4.78, 5) is 12.1. The molecule has 118 valence electrons. The number of rotatable bonds is 7. The van der Waals surface area contributed by atoms with Gasteiger partial charge in [-0.15, -0.1) is 0 Å². The molecule has 4 unspecified atom stereocenters. The van der Waals surface area contributed by atoms with Gasteiger partial charge in [-0.05, 0) is 39.7 Å². The average molecular weight is 294 g/mol. The van der Waals surface area contributed by atoms with Gasteiger partial charge in [0.2, 0.25) is 5.91 Å². The highest BCUT2D eigenvalue weighted by Gasteiger charge is 2.22. The number of amides is 1. The van der Waals surface area contributed by atoms with E-state index >= 15 is 0 Å². The molecule has 0 radical (unpaired) electrons. The van der Waals surface area contributed by atoms with E-state index in [1.165, 1.54) is 0 Å². The topological polar surface area (TPSA) is 68.2 Å². The van der Waals surface area contributed by atoms with Crippen LogP contribution < -0.4 is 10.6 Å². The molecule has 0 aliphatic carbocycles. The highest BCUT2D eigenvalue weighted by atomic mass is 16.5. The molecule has 1 saturated heterocycles. The normalized spacial score (nSPS) is 22.7. The second kappa shape index (κ2) is 7.56. The molecule has 2 rings (SSSR count). The van der Waals surface area contributed by atoms with Crippen molar-refractivity contribution in [2.45, 2.75) is 57.8 Å². The molecule has 0 aromatic carbocycles. The Labute approximate surface area is 126 Å². The van der Waals surface area contributed by atoms with Crippen molar-refractivity contribution in [3.8, 4) is 0 Å². The fraction of sp³-hybridized carbons (Fsp3) is 0.733. The van der Waals surface area contributed by atoms with Crippen LogP contribution in [0.5, 0.6) is 0 Å². The average Bonchev–Trinajstić information content (AvgIpc) is 3.16. The summed E-state index contributed by atoms with van der Waals surface area (Å²) in [5.74, 6) is 0.0185. The SMILES string of the molecule is CC(NC(C)C(C)n1cccn1)C(=O)NCC1CCCO1. The smallest absolute Gasteiger partial charge is 0.236 e. The van der Waals surface area contributed by atoms with Gasteiger partial charge in [0.15, 0.2) is 0 Å². The van der Waals surface area contributed by atoms with Gasteiger partial charge in [0.25, 0.3) is 0 Å². The Bertz CT molecular complexity index is 429. The Morgan fingerprint density at radius 3 is 2.90 bits per heavy atom. The summed E-state index contributed by atoms with van der Waals surface area (Å²) in [6.07, 6.45) is 6.01. The zero-order chi connectivity index (χ0) is 15.2. The first-order valence-electron chi connectivity index (χ1n) is 7.72. The second-order valence-corrected chi connectivity index (χ2v) is 5.78. The molecule has 6 heteroatoms. The van der Waals surface area contributed by atoms with E-state index in [9.17, 15) is 4.79 Å². The molecule has 1 aromatic rings. The molecule has 1 fully saturated rings. The van der Waals surface area contributed by atoms with Gasteiger partial charge in [0.1, 0.15) is 0 Å². The quantitative estimate of drug-likeness (QED) is 0.790. The van der Waals surface area contributed by atoms with E-state index in [0.29, 0.717) is 6.54 Å². The van der Waals surface area contributed by atoms with Crippen molar-refractivity contribution >= 4 is 5.91 Å². The summed E-state index contributed by atoms with van der Waals surface area (Å²) in [5, 5.41) is 10.5. The van der Waals surface area contributed by atoms with Crippen molar-refractivity contribution in [3.63, 3.8) is 0 Å². The van der Waals surface area contributed by atoms with Crippen LogP contribution in [-0.4, -0.2) is 47.0 Å². The summed E-state index contributed by atoms with van der Waals surface area (Å²) >= 11 is 0. The van der Waals surface area contributed by atoms with Crippen molar-refractivity contribution in [2.75, 3.05) is 13.2 Å². The minimum Gasteiger partial charge on any atom is -0.376 e. The maximum Gasteiger partial charge on any atom is 0.236 e. The zero-order valence-electron chi connectivity index (χ0n) is 13.1. The zero-order valence-corrected chi connectivity index (χ0v) is 13.1. The Morgan fingerprint density at radius 1 is 1.48 bits per heavy atom. The first kappa shape index (κ1) is 16.0. The van der Waals surface area contributed by atoms with Crippen LogP contribution in [0, 0.1) is 0 Å². The minimum atomic E-state index is -0.237.